The van der Waals surface area contributed by atoms with Crippen molar-refractivity contribution in [2.45, 2.75) is 6.18 Å². The van der Waals surface area contributed by atoms with E-state index < -0.39 is 33.9 Å². The second-order valence-electron chi connectivity index (χ2n) is 2.76. The molecule has 0 aliphatic rings. The summed E-state index contributed by atoms with van der Waals surface area (Å²) in [6.07, 6.45) is -4.96. The van der Waals surface area contributed by atoms with Crippen LogP contribution in [-0.2, 0) is 6.18 Å². The van der Waals surface area contributed by atoms with Gasteiger partial charge in [-0.05, 0) is 12.1 Å². The normalized spacial score (nSPS) is 11.2. The summed E-state index contributed by atoms with van der Waals surface area (Å²) in [5.41, 5.74) is -4.00. The molecule has 0 unspecified atom stereocenters. The highest BCUT2D eigenvalue weighted by molar-refractivity contribution is 5.93. The number of aromatic carboxylic acids is 1. The number of nitrogens with zero attached hydrogens (tertiary/aromatic N) is 1. The summed E-state index contributed by atoms with van der Waals surface area (Å²) in [5.74, 6) is -1.78. The number of hydrogen-bond acceptors (Lipinski definition) is 3. The molecule has 86 valence electrons. The van der Waals surface area contributed by atoms with Gasteiger partial charge in [0.05, 0.1) is 4.92 Å². The van der Waals surface area contributed by atoms with Crippen LogP contribution >= 0.6 is 0 Å². The summed E-state index contributed by atoms with van der Waals surface area (Å²) in [5, 5.41) is 19.0. The highest BCUT2D eigenvalue weighted by Gasteiger charge is 2.40. The maximum Gasteiger partial charge on any atom is 0.423 e. The van der Waals surface area contributed by atoms with Crippen molar-refractivity contribution in [1.29, 1.82) is 0 Å². The van der Waals surface area contributed by atoms with Crippen LogP contribution in [-0.4, -0.2) is 16.0 Å². The second-order valence-corrected chi connectivity index (χ2v) is 2.76. The van der Waals surface area contributed by atoms with Crippen molar-refractivity contribution in [2.75, 3.05) is 0 Å². The number of hydrogen-bond donors (Lipinski definition) is 1. The third-order valence-corrected chi connectivity index (χ3v) is 1.75. The molecule has 0 saturated heterocycles. The first-order valence-corrected chi connectivity index (χ1v) is 3.83. The molecule has 16 heavy (non-hydrogen) atoms. The van der Waals surface area contributed by atoms with E-state index in [1.165, 1.54) is 0 Å². The van der Waals surface area contributed by atoms with Crippen LogP contribution < -0.4 is 0 Å². The molecule has 0 atom stereocenters. The molecule has 0 radical (unpaired) electrons. The largest absolute Gasteiger partial charge is 0.477 e. The predicted molar refractivity (Wildman–Crippen MR) is 45.1 cm³/mol. The molecule has 1 aromatic carbocycles. The Morgan fingerprint density at radius 2 is 1.94 bits per heavy atom. The summed E-state index contributed by atoms with van der Waals surface area (Å²) < 4.78 is 37.1. The van der Waals surface area contributed by atoms with Gasteiger partial charge in [0.2, 0.25) is 0 Å². The van der Waals surface area contributed by atoms with Gasteiger partial charge < -0.3 is 5.11 Å². The zero-order chi connectivity index (χ0) is 12.5. The molecule has 0 heterocycles. The molecule has 0 aliphatic carbocycles. The summed E-state index contributed by atoms with van der Waals surface area (Å²) >= 11 is 0. The van der Waals surface area contributed by atoms with Crippen molar-refractivity contribution >= 4 is 11.7 Å². The molecule has 8 heteroatoms. The fourth-order valence-corrected chi connectivity index (χ4v) is 1.14. The molecule has 5 nitrogen and oxygen atoms in total. The Morgan fingerprint density at radius 3 is 2.31 bits per heavy atom. The first-order chi connectivity index (χ1) is 7.25. The average molecular weight is 235 g/mol. The highest BCUT2D eigenvalue weighted by Crippen LogP contribution is 2.37. The van der Waals surface area contributed by atoms with Gasteiger partial charge in [-0.3, -0.25) is 10.1 Å². The Balaban J connectivity index is 3.58. The van der Waals surface area contributed by atoms with E-state index in [-0.39, 0.29) is 0 Å². The minimum atomic E-state index is -4.96. The maximum atomic E-state index is 12.4. The van der Waals surface area contributed by atoms with Gasteiger partial charge in [-0.1, -0.05) is 6.07 Å². The van der Waals surface area contributed by atoms with Crippen molar-refractivity contribution in [1.82, 2.24) is 0 Å². The van der Waals surface area contributed by atoms with Gasteiger partial charge in [0.1, 0.15) is 11.1 Å². The Morgan fingerprint density at radius 1 is 1.38 bits per heavy atom. The zero-order valence-corrected chi connectivity index (χ0v) is 7.49. The number of rotatable bonds is 2. The number of halogens is 3. The van der Waals surface area contributed by atoms with Crippen molar-refractivity contribution in [2.24, 2.45) is 0 Å². The number of nitro groups is 1. The molecule has 0 saturated carbocycles. The van der Waals surface area contributed by atoms with E-state index in [0.717, 1.165) is 12.1 Å². The SMILES string of the molecule is O=C(O)c1cccc(C(F)(F)F)c1[N+](=O)[O-]. The van der Waals surface area contributed by atoms with Gasteiger partial charge in [0.15, 0.2) is 0 Å². The number of para-hydroxylation sites is 1. The Bertz CT molecular complexity index is 455. The lowest BCUT2D eigenvalue weighted by Gasteiger charge is -2.08. The number of benzene rings is 1. The summed E-state index contributed by atoms with van der Waals surface area (Å²) in [6, 6.07) is 2.01. The van der Waals surface area contributed by atoms with Gasteiger partial charge in [-0.2, -0.15) is 13.2 Å². The molecular formula is C8H4F3NO4. The van der Waals surface area contributed by atoms with Gasteiger partial charge in [-0.15, -0.1) is 0 Å². The van der Waals surface area contributed by atoms with Crippen LogP contribution in [0.15, 0.2) is 18.2 Å². The van der Waals surface area contributed by atoms with E-state index >= 15 is 0 Å². The van der Waals surface area contributed by atoms with Gasteiger partial charge in [0.25, 0.3) is 5.69 Å². The summed E-state index contributed by atoms with van der Waals surface area (Å²) in [6.45, 7) is 0. The lowest BCUT2D eigenvalue weighted by Crippen LogP contribution is -2.12. The minimum Gasteiger partial charge on any atom is -0.477 e. The monoisotopic (exact) mass is 235 g/mol. The lowest BCUT2D eigenvalue weighted by atomic mass is 10.1. The van der Waals surface area contributed by atoms with Crippen LogP contribution in [0.2, 0.25) is 0 Å². The Kier molecular flexibility index (Phi) is 2.84. The molecule has 0 aromatic heterocycles. The first kappa shape index (κ1) is 12.0. The van der Waals surface area contributed by atoms with E-state index in [4.69, 9.17) is 5.11 Å². The smallest absolute Gasteiger partial charge is 0.423 e. The highest BCUT2D eigenvalue weighted by atomic mass is 19.4. The van der Waals surface area contributed by atoms with Crippen LogP contribution in [0, 0.1) is 10.1 Å². The van der Waals surface area contributed by atoms with Crippen LogP contribution in [0.3, 0.4) is 0 Å². The molecule has 1 aromatic rings. The van der Waals surface area contributed by atoms with Gasteiger partial charge in [-0.25, -0.2) is 4.79 Å². The third kappa shape index (κ3) is 2.10. The van der Waals surface area contributed by atoms with E-state index in [9.17, 15) is 28.1 Å². The fourth-order valence-electron chi connectivity index (χ4n) is 1.14. The first-order valence-electron chi connectivity index (χ1n) is 3.83. The van der Waals surface area contributed by atoms with E-state index in [1.54, 1.807) is 0 Å². The summed E-state index contributed by atoms with van der Waals surface area (Å²) in [4.78, 5) is 19.6. The third-order valence-electron chi connectivity index (χ3n) is 1.75. The number of alkyl halides is 3. The molecular weight excluding hydrogens is 231 g/mol. The van der Waals surface area contributed by atoms with Crippen LogP contribution in [0.1, 0.15) is 15.9 Å². The van der Waals surface area contributed by atoms with Gasteiger partial charge in [0, 0.05) is 0 Å². The zero-order valence-electron chi connectivity index (χ0n) is 7.49. The molecule has 0 amide bonds. The molecule has 1 N–H and O–H groups in total. The summed E-state index contributed by atoms with van der Waals surface area (Å²) in [7, 11) is 0. The van der Waals surface area contributed by atoms with E-state index in [2.05, 4.69) is 0 Å². The minimum absolute atomic E-state index is 0.463. The van der Waals surface area contributed by atoms with Gasteiger partial charge >= 0.3 is 12.1 Å². The van der Waals surface area contributed by atoms with Crippen molar-refractivity contribution in [3.05, 3.63) is 39.4 Å². The maximum absolute atomic E-state index is 12.4. The average Bonchev–Trinajstić information content (AvgIpc) is 2.14. The number of carbonyl (C=O) groups is 1. The quantitative estimate of drug-likeness (QED) is 0.629. The lowest BCUT2D eigenvalue weighted by molar-refractivity contribution is -0.388. The van der Waals surface area contributed by atoms with Crippen LogP contribution in [0.25, 0.3) is 0 Å². The van der Waals surface area contributed by atoms with Crippen molar-refractivity contribution < 1.29 is 28.0 Å². The Hall–Kier alpha value is -2.12. The van der Waals surface area contributed by atoms with E-state index in [0.29, 0.717) is 6.07 Å². The molecule has 1 rings (SSSR count). The van der Waals surface area contributed by atoms with Crippen LogP contribution in [0.4, 0.5) is 18.9 Å². The topological polar surface area (TPSA) is 80.4 Å². The fraction of sp³-hybridized carbons (Fsp3) is 0.125. The second kappa shape index (κ2) is 3.80. The molecule has 0 bridgehead atoms. The molecule has 0 fully saturated rings. The van der Waals surface area contributed by atoms with E-state index in [1.807, 2.05) is 0 Å². The molecule has 0 aliphatic heterocycles. The number of nitro benzene ring substituents is 1. The predicted octanol–water partition coefficient (Wildman–Crippen LogP) is 2.31. The van der Waals surface area contributed by atoms with Crippen LogP contribution in [0.5, 0.6) is 0 Å². The van der Waals surface area contributed by atoms with Crippen molar-refractivity contribution in [3.8, 4) is 0 Å². The van der Waals surface area contributed by atoms with Crippen molar-refractivity contribution in [3.63, 3.8) is 0 Å². The number of carboxylic acids is 1. The molecule has 0 spiro atoms. The number of carboxylic acid groups (broad SMARTS) is 1. The Labute approximate surface area is 86.3 Å². The standard InChI is InChI=1S/C8H4F3NO4/c9-8(10,11)5-3-1-2-4(7(13)14)6(5)12(15)16/h1-3H,(H,13,14).